The minimum absolute atomic E-state index is 0.0790. The topological polar surface area (TPSA) is 80.3 Å². The molecule has 0 saturated heterocycles. The van der Waals surface area contributed by atoms with Crippen LogP contribution in [0, 0.1) is 0 Å². The van der Waals surface area contributed by atoms with Gasteiger partial charge in [0.25, 0.3) is 0 Å². The highest BCUT2D eigenvalue weighted by atomic mass is 16.5. The molecule has 0 fully saturated rings. The van der Waals surface area contributed by atoms with E-state index in [-0.39, 0.29) is 6.10 Å². The van der Waals surface area contributed by atoms with Crippen LogP contribution < -0.4 is 15.4 Å². The third-order valence-electron chi connectivity index (χ3n) is 3.08. The molecule has 6 heteroatoms. The third-order valence-corrected chi connectivity index (χ3v) is 3.08. The summed E-state index contributed by atoms with van der Waals surface area (Å²) >= 11 is 0. The van der Waals surface area contributed by atoms with Crippen LogP contribution in [0.15, 0.2) is 48.7 Å². The highest BCUT2D eigenvalue weighted by Crippen LogP contribution is 2.16. The number of carbonyl (C=O) groups excluding carboxylic acids is 2. The summed E-state index contributed by atoms with van der Waals surface area (Å²) in [7, 11) is 0. The van der Waals surface area contributed by atoms with Crippen molar-refractivity contribution in [2.24, 2.45) is 0 Å². The summed E-state index contributed by atoms with van der Waals surface area (Å²) in [5.74, 6) is -0.662. The second-order valence-electron chi connectivity index (χ2n) is 5.47. The van der Waals surface area contributed by atoms with Crippen LogP contribution in [-0.4, -0.2) is 29.4 Å². The Hall–Kier alpha value is -2.89. The highest BCUT2D eigenvalue weighted by molar-refractivity contribution is 6.39. The molecule has 0 atom stereocenters. The summed E-state index contributed by atoms with van der Waals surface area (Å²) in [5.41, 5.74) is 1.40. The van der Waals surface area contributed by atoms with Crippen molar-refractivity contribution in [2.75, 3.05) is 11.9 Å². The average molecular weight is 327 g/mol. The monoisotopic (exact) mass is 327 g/mol. The lowest BCUT2D eigenvalue weighted by Crippen LogP contribution is -2.36. The van der Waals surface area contributed by atoms with Gasteiger partial charge < -0.3 is 15.4 Å². The zero-order valence-electron chi connectivity index (χ0n) is 13.8. The van der Waals surface area contributed by atoms with Gasteiger partial charge >= 0.3 is 11.8 Å². The van der Waals surface area contributed by atoms with Crippen molar-refractivity contribution in [3.05, 3.63) is 54.4 Å². The fraction of sp³-hybridized carbons (Fsp3) is 0.278. The number of pyridine rings is 1. The van der Waals surface area contributed by atoms with Gasteiger partial charge in [-0.05, 0) is 50.2 Å². The first kappa shape index (κ1) is 17.5. The number of rotatable bonds is 6. The molecule has 0 bridgehead atoms. The molecule has 1 heterocycles. The van der Waals surface area contributed by atoms with Crippen molar-refractivity contribution in [1.29, 1.82) is 0 Å². The predicted molar refractivity (Wildman–Crippen MR) is 91.8 cm³/mol. The molecule has 24 heavy (non-hydrogen) atoms. The zero-order chi connectivity index (χ0) is 17.4. The summed E-state index contributed by atoms with van der Waals surface area (Å²) in [4.78, 5) is 27.8. The second kappa shape index (κ2) is 8.67. The fourth-order valence-electron chi connectivity index (χ4n) is 2.01. The molecule has 0 aliphatic rings. The van der Waals surface area contributed by atoms with Gasteiger partial charge in [-0.2, -0.15) is 0 Å². The number of hydrogen-bond acceptors (Lipinski definition) is 4. The molecule has 0 radical (unpaired) electrons. The standard InChI is InChI=1S/C18H21N3O3/c1-13(2)24-16-8-6-15(7-9-16)21-18(23)17(22)20-12-10-14-5-3-4-11-19-14/h3-9,11,13H,10,12H2,1-2H3,(H,20,22)(H,21,23). The molecule has 0 unspecified atom stereocenters. The van der Waals surface area contributed by atoms with Crippen LogP contribution in [0.2, 0.25) is 0 Å². The Morgan fingerprint density at radius 2 is 1.83 bits per heavy atom. The molecule has 6 nitrogen and oxygen atoms in total. The van der Waals surface area contributed by atoms with E-state index in [1.165, 1.54) is 0 Å². The number of nitrogens with one attached hydrogen (secondary N) is 2. The van der Waals surface area contributed by atoms with E-state index in [0.717, 1.165) is 5.69 Å². The lowest BCUT2D eigenvalue weighted by molar-refractivity contribution is -0.136. The van der Waals surface area contributed by atoms with Gasteiger partial charge in [-0.1, -0.05) is 6.07 Å². The van der Waals surface area contributed by atoms with Crippen LogP contribution in [0.3, 0.4) is 0 Å². The van der Waals surface area contributed by atoms with Crippen molar-refractivity contribution < 1.29 is 14.3 Å². The van der Waals surface area contributed by atoms with Crippen molar-refractivity contribution in [1.82, 2.24) is 10.3 Å². The van der Waals surface area contributed by atoms with Crippen LogP contribution in [-0.2, 0) is 16.0 Å². The normalized spacial score (nSPS) is 10.3. The van der Waals surface area contributed by atoms with Crippen LogP contribution >= 0.6 is 0 Å². The van der Waals surface area contributed by atoms with Gasteiger partial charge in [0.15, 0.2) is 0 Å². The largest absolute Gasteiger partial charge is 0.491 e. The number of aromatic nitrogens is 1. The average Bonchev–Trinajstić information content (AvgIpc) is 2.57. The predicted octanol–water partition coefficient (Wildman–Crippen LogP) is 2.17. The van der Waals surface area contributed by atoms with E-state index in [1.54, 1.807) is 30.5 Å². The number of ether oxygens (including phenoxy) is 1. The number of benzene rings is 1. The summed E-state index contributed by atoms with van der Waals surface area (Å²) in [5, 5.41) is 5.12. The molecule has 0 saturated carbocycles. The molecule has 2 aromatic rings. The summed E-state index contributed by atoms with van der Waals surface area (Å²) in [6.07, 6.45) is 2.34. The quantitative estimate of drug-likeness (QED) is 0.797. The van der Waals surface area contributed by atoms with Crippen molar-refractivity contribution in [2.45, 2.75) is 26.4 Å². The molecular formula is C18H21N3O3. The van der Waals surface area contributed by atoms with Gasteiger partial charge in [0.1, 0.15) is 5.75 Å². The second-order valence-corrected chi connectivity index (χ2v) is 5.47. The van der Waals surface area contributed by atoms with E-state index >= 15 is 0 Å². The van der Waals surface area contributed by atoms with E-state index in [1.807, 2.05) is 32.0 Å². The molecule has 126 valence electrons. The lowest BCUT2D eigenvalue weighted by Gasteiger charge is -2.10. The summed E-state index contributed by atoms with van der Waals surface area (Å²) in [6, 6.07) is 12.4. The van der Waals surface area contributed by atoms with Gasteiger partial charge in [-0.25, -0.2) is 0 Å². The molecule has 0 spiro atoms. The van der Waals surface area contributed by atoms with Gasteiger partial charge in [0.05, 0.1) is 6.10 Å². The first-order valence-electron chi connectivity index (χ1n) is 7.80. The van der Waals surface area contributed by atoms with Crippen LogP contribution in [0.5, 0.6) is 5.75 Å². The maximum absolute atomic E-state index is 11.8. The zero-order valence-corrected chi connectivity index (χ0v) is 13.8. The Balaban J connectivity index is 1.77. The Labute approximate surface area is 141 Å². The van der Waals surface area contributed by atoms with Crippen LogP contribution in [0.4, 0.5) is 5.69 Å². The number of anilines is 1. The minimum Gasteiger partial charge on any atom is -0.491 e. The van der Waals surface area contributed by atoms with E-state index in [9.17, 15) is 9.59 Å². The molecule has 1 aromatic heterocycles. The van der Waals surface area contributed by atoms with Gasteiger partial charge in [0, 0.05) is 30.5 Å². The first-order valence-corrected chi connectivity index (χ1v) is 7.80. The number of nitrogens with zero attached hydrogens (tertiary/aromatic N) is 1. The number of amides is 2. The summed E-state index contributed by atoms with van der Waals surface area (Å²) in [6.45, 7) is 4.22. The molecule has 0 aliphatic heterocycles. The van der Waals surface area contributed by atoms with Gasteiger partial charge in [0.2, 0.25) is 0 Å². The molecule has 2 amide bonds. The SMILES string of the molecule is CC(C)Oc1ccc(NC(=O)C(=O)NCCc2ccccn2)cc1. The Morgan fingerprint density at radius 3 is 2.46 bits per heavy atom. The Bertz CT molecular complexity index is 670. The highest BCUT2D eigenvalue weighted by Gasteiger charge is 2.13. The Morgan fingerprint density at radius 1 is 1.08 bits per heavy atom. The van der Waals surface area contributed by atoms with Crippen LogP contribution in [0.1, 0.15) is 19.5 Å². The molecule has 2 N–H and O–H groups in total. The maximum atomic E-state index is 11.8. The fourth-order valence-corrected chi connectivity index (χ4v) is 2.01. The molecule has 2 rings (SSSR count). The summed E-state index contributed by atoms with van der Waals surface area (Å²) < 4.78 is 5.52. The molecule has 0 aliphatic carbocycles. The van der Waals surface area contributed by atoms with Crippen molar-refractivity contribution >= 4 is 17.5 Å². The van der Waals surface area contributed by atoms with E-state index in [4.69, 9.17) is 4.74 Å². The van der Waals surface area contributed by atoms with Crippen LogP contribution in [0.25, 0.3) is 0 Å². The van der Waals surface area contributed by atoms with Gasteiger partial charge in [-0.15, -0.1) is 0 Å². The smallest absolute Gasteiger partial charge is 0.313 e. The Kier molecular flexibility index (Phi) is 6.31. The first-order chi connectivity index (χ1) is 11.5. The lowest BCUT2D eigenvalue weighted by atomic mass is 10.2. The molecular weight excluding hydrogens is 306 g/mol. The van der Waals surface area contributed by atoms with E-state index < -0.39 is 11.8 Å². The third kappa shape index (κ3) is 5.72. The number of carbonyl (C=O) groups is 2. The molecule has 1 aromatic carbocycles. The number of hydrogen-bond donors (Lipinski definition) is 2. The van der Waals surface area contributed by atoms with Gasteiger partial charge in [-0.3, -0.25) is 14.6 Å². The van der Waals surface area contributed by atoms with Crippen molar-refractivity contribution in [3.63, 3.8) is 0 Å². The maximum Gasteiger partial charge on any atom is 0.313 e. The van der Waals surface area contributed by atoms with E-state index in [2.05, 4.69) is 15.6 Å². The minimum atomic E-state index is -0.700. The van der Waals surface area contributed by atoms with E-state index in [0.29, 0.717) is 24.4 Å². The van der Waals surface area contributed by atoms with Crippen molar-refractivity contribution in [3.8, 4) is 5.75 Å².